The van der Waals surface area contributed by atoms with Crippen LogP contribution in [0.15, 0.2) is 24.3 Å². The van der Waals surface area contributed by atoms with E-state index in [1.54, 1.807) is 0 Å². The zero-order chi connectivity index (χ0) is 9.52. The van der Waals surface area contributed by atoms with Gasteiger partial charge in [0.15, 0.2) is 0 Å². The van der Waals surface area contributed by atoms with Gasteiger partial charge in [0.1, 0.15) is 6.61 Å². The summed E-state index contributed by atoms with van der Waals surface area (Å²) in [6.07, 6.45) is -0.296. The maximum Gasteiger partial charge on any atom is 0.407 e. The molecule has 14 heavy (non-hydrogen) atoms. The summed E-state index contributed by atoms with van der Waals surface area (Å²) in [7, 11) is 0. The van der Waals surface area contributed by atoms with Crippen LogP contribution < -0.4 is 5.32 Å². The summed E-state index contributed by atoms with van der Waals surface area (Å²) in [5.41, 5.74) is 1.20. The fraction of sp³-hybridized carbons (Fsp3) is 0.300. The number of ether oxygens (including phenoxy) is 1. The van der Waals surface area contributed by atoms with E-state index in [1.165, 1.54) is 5.56 Å². The summed E-state index contributed by atoms with van der Waals surface area (Å²) in [6.45, 7) is 3.22. The normalized spacial score (nSPS) is 12.8. The fourth-order valence-electron chi connectivity index (χ4n) is 0.831. The van der Waals surface area contributed by atoms with Crippen molar-refractivity contribution in [1.82, 2.24) is 5.32 Å². The molecule has 1 aliphatic heterocycles. The van der Waals surface area contributed by atoms with Crippen LogP contribution in [0.25, 0.3) is 0 Å². The van der Waals surface area contributed by atoms with E-state index in [0.29, 0.717) is 13.2 Å². The molecule has 0 bridgehead atoms. The third kappa shape index (κ3) is 6.11. The van der Waals surface area contributed by atoms with Gasteiger partial charge in [-0.2, -0.15) is 35.9 Å². The Morgan fingerprint density at radius 1 is 1.50 bits per heavy atom. The van der Waals surface area contributed by atoms with Crippen molar-refractivity contribution in [3.63, 3.8) is 0 Å². The molecule has 1 aromatic carbocycles. The molecular formula is C10H12NO2Y-. The van der Waals surface area contributed by atoms with Crippen molar-refractivity contribution in [3.8, 4) is 0 Å². The first-order valence-electron chi connectivity index (χ1n) is 4.13. The number of amides is 1. The number of cyclic esters (lactones) is 1. The van der Waals surface area contributed by atoms with Gasteiger partial charge in [-0.3, -0.25) is 0 Å². The molecule has 1 aromatic rings. The van der Waals surface area contributed by atoms with E-state index in [2.05, 4.69) is 16.1 Å². The quantitative estimate of drug-likeness (QED) is 0.724. The van der Waals surface area contributed by atoms with Crippen LogP contribution in [0.3, 0.4) is 0 Å². The van der Waals surface area contributed by atoms with Gasteiger partial charge in [0.25, 0.3) is 0 Å². The molecular weight excluding hydrogens is 255 g/mol. The monoisotopic (exact) mass is 267 g/mol. The van der Waals surface area contributed by atoms with Gasteiger partial charge in [-0.1, -0.05) is 6.92 Å². The molecule has 0 unspecified atom stereocenters. The van der Waals surface area contributed by atoms with Crippen LogP contribution in [0.1, 0.15) is 5.56 Å². The van der Waals surface area contributed by atoms with E-state index in [4.69, 9.17) is 0 Å². The largest absolute Gasteiger partial charge is 0.448 e. The molecule has 1 saturated heterocycles. The van der Waals surface area contributed by atoms with Crippen LogP contribution in [0, 0.1) is 13.0 Å². The molecule has 0 atom stereocenters. The Balaban J connectivity index is 0.000000227. The van der Waals surface area contributed by atoms with Crippen molar-refractivity contribution < 1.29 is 42.2 Å². The molecule has 4 heteroatoms. The third-order valence-corrected chi connectivity index (χ3v) is 1.47. The molecule has 2 rings (SSSR count). The van der Waals surface area contributed by atoms with Crippen LogP contribution in [0.5, 0.6) is 0 Å². The molecule has 0 aromatic heterocycles. The first kappa shape index (κ1) is 13.6. The Morgan fingerprint density at radius 2 is 2.29 bits per heavy atom. The fourth-order valence-corrected chi connectivity index (χ4v) is 0.831. The number of hydrogen-bond donors (Lipinski definition) is 1. The standard InChI is InChI=1S/C7H7.C3H5NO2.Y/c1-7-5-3-2-4-6-7;5-3-4-1-2-6-3;/h2-5H,1H3;1-2H2,(H,4,5);/q-1;;. The van der Waals surface area contributed by atoms with Crippen LogP contribution in [-0.4, -0.2) is 19.2 Å². The molecule has 3 nitrogen and oxygen atoms in total. The molecule has 0 aliphatic carbocycles. The van der Waals surface area contributed by atoms with E-state index >= 15 is 0 Å². The van der Waals surface area contributed by atoms with Crippen molar-refractivity contribution in [1.29, 1.82) is 0 Å². The third-order valence-electron chi connectivity index (χ3n) is 1.47. The number of benzene rings is 1. The van der Waals surface area contributed by atoms with Crippen LogP contribution >= 0.6 is 0 Å². The number of nitrogens with one attached hydrogen (secondary N) is 1. The summed E-state index contributed by atoms with van der Waals surface area (Å²) in [5.74, 6) is 0. The Morgan fingerprint density at radius 3 is 2.50 bits per heavy atom. The summed E-state index contributed by atoms with van der Waals surface area (Å²) in [4.78, 5) is 9.91. The molecule has 73 valence electrons. The summed E-state index contributed by atoms with van der Waals surface area (Å²) in [5, 5.41) is 2.46. The average Bonchev–Trinajstić information content (AvgIpc) is 2.58. The van der Waals surface area contributed by atoms with Gasteiger partial charge in [-0.15, -0.1) is 0 Å². The minimum Gasteiger partial charge on any atom is -0.448 e. The number of hydrogen-bond acceptors (Lipinski definition) is 2. The minimum atomic E-state index is -0.296. The van der Waals surface area contributed by atoms with Crippen molar-refractivity contribution in [2.75, 3.05) is 13.2 Å². The average molecular weight is 267 g/mol. The molecule has 1 fully saturated rings. The van der Waals surface area contributed by atoms with Gasteiger partial charge >= 0.3 is 6.09 Å². The summed E-state index contributed by atoms with van der Waals surface area (Å²) < 4.78 is 4.40. The van der Waals surface area contributed by atoms with Crippen LogP contribution in [0.4, 0.5) is 4.79 Å². The maximum absolute atomic E-state index is 9.91. The second-order valence-corrected chi connectivity index (χ2v) is 2.61. The van der Waals surface area contributed by atoms with Gasteiger partial charge in [-0.05, 0) is 0 Å². The molecule has 1 N–H and O–H groups in total. The smallest absolute Gasteiger partial charge is 0.407 e. The number of rotatable bonds is 0. The number of carbonyl (C=O) groups excluding carboxylic acids is 1. The first-order valence-corrected chi connectivity index (χ1v) is 4.13. The second-order valence-electron chi connectivity index (χ2n) is 2.61. The van der Waals surface area contributed by atoms with Crippen molar-refractivity contribution in [3.05, 3.63) is 35.9 Å². The summed E-state index contributed by atoms with van der Waals surface area (Å²) >= 11 is 0. The SMILES string of the molecule is Cc1[c-]cccc1.O=C1NCCO1.[Y]. The molecule has 1 amide bonds. The van der Waals surface area contributed by atoms with Gasteiger partial charge < -0.3 is 10.1 Å². The zero-order valence-corrected chi connectivity index (χ0v) is 11.0. The molecule has 0 saturated carbocycles. The van der Waals surface area contributed by atoms with Gasteiger partial charge in [-0.25, -0.2) is 4.79 Å². The van der Waals surface area contributed by atoms with E-state index in [1.807, 2.05) is 31.2 Å². The van der Waals surface area contributed by atoms with E-state index in [0.717, 1.165) is 0 Å². The minimum absolute atomic E-state index is 0. The maximum atomic E-state index is 9.91. The number of alkyl carbamates (subject to hydrolysis) is 1. The van der Waals surface area contributed by atoms with Crippen molar-refractivity contribution in [2.24, 2.45) is 0 Å². The topological polar surface area (TPSA) is 38.3 Å². The van der Waals surface area contributed by atoms with Crippen LogP contribution in [0.2, 0.25) is 0 Å². The predicted molar refractivity (Wildman–Crippen MR) is 49.4 cm³/mol. The Bertz CT molecular complexity index is 256. The number of carbonyl (C=O) groups is 1. The summed E-state index contributed by atoms with van der Waals surface area (Å²) in [6, 6.07) is 10.9. The zero-order valence-electron chi connectivity index (χ0n) is 8.12. The number of aryl methyl sites for hydroxylation is 1. The second kappa shape index (κ2) is 7.95. The van der Waals surface area contributed by atoms with Crippen LogP contribution in [-0.2, 0) is 37.4 Å². The van der Waals surface area contributed by atoms with Gasteiger partial charge in [0.2, 0.25) is 0 Å². The molecule has 1 heterocycles. The van der Waals surface area contributed by atoms with Gasteiger partial charge in [0.05, 0.1) is 6.54 Å². The van der Waals surface area contributed by atoms with E-state index in [9.17, 15) is 4.79 Å². The Labute approximate surface area is 109 Å². The van der Waals surface area contributed by atoms with E-state index in [-0.39, 0.29) is 38.8 Å². The Hall–Kier alpha value is -0.406. The molecule has 1 radical (unpaired) electrons. The predicted octanol–water partition coefficient (Wildman–Crippen LogP) is 1.52. The van der Waals surface area contributed by atoms with E-state index < -0.39 is 0 Å². The molecule has 0 spiro atoms. The van der Waals surface area contributed by atoms with Crippen molar-refractivity contribution >= 4 is 6.09 Å². The van der Waals surface area contributed by atoms with Crippen molar-refractivity contribution in [2.45, 2.75) is 6.92 Å². The van der Waals surface area contributed by atoms with Gasteiger partial charge in [0, 0.05) is 32.7 Å². The molecule has 1 aliphatic rings. The Kier molecular flexibility index (Phi) is 7.72. The first-order chi connectivity index (χ1) is 6.29.